The first kappa shape index (κ1) is 25.0. The van der Waals surface area contributed by atoms with Crippen LogP contribution in [0.25, 0.3) is 0 Å². The molecular formula is C23H22ClFIN5O2. The lowest BCUT2D eigenvalue weighted by Gasteiger charge is -2.31. The molecule has 172 valence electrons. The Labute approximate surface area is 210 Å². The van der Waals surface area contributed by atoms with Crippen molar-refractivity contribution in [2.24, 2.45) is 10.9 Å². The second kappa shape index (κ2) is 11.4. The Morgan fingerprint density at radius 1 is 1.45 bits per heavy atom. The number of carbonyl (C=O) groups is 1. The van der Waals surface area contributed by atoms with Crippen LogP contribution in [0, 0.1) is 23.1 Å². The molecule has 10 heteroatoms. The summed E-state index contributed by atoms with van der Waals surface area (Å²) in [5, 5.41) is 15.7. The van der Waals surface area contributed by atoms with Crippen molar-refractivity contribution < 1.29 is 13.9 Å². The number of dihydropyridines is 1. The molecule has 3 rings (SSSR count). The number of rotatable bonds is 8. The van der Waals surface area contributed by atoms with Gasteiger partial charge in [-0.2, -0.15) is 5.26 Å². The lowest BCUT2D eigenvalue weighted by molar-refractivity contribution is -0.115. The molecule has 0 fully saturated rings. The number of aliphatic imine (C=N–C) groups is 1. The number of halogens is 3. The average molecular weight is 582 g/mol. The Balaban J connectivity index is 1.92. The maximum absolute atomic E-state index is 13.6. The highest BCUT2D eigenvalue weighted by atomic mass is 127. The standard InChI is InChI=1S/C23H22ClFIN5O2/c1-3-33-21-11-19-16(10-20(21)30-22(32)5-4-8-31(2)26)23(14(12-27)13-28-19)29-15-6-7-18(25)17(24)9-15/h4-7,9-11,13,16,19,29H,3,8H2,1-2H3,(H,30,32)/b5-4+. The Hall–Kier alpha value is -2.68. The van der Waals surface area contributed by atoms with E-state index in [9.17, 15) is 14.4 Å². The molecule has 1 heterocycles. The van der Waals surface area contributed by atoms with Crippen molar-refractivity contribution in [1.82, 2.24) is 8.43 Å². The van der Waals surface area contributed by atoms with Gasteiger partial charge < -0.3 is 15.4 Å². The largest absolute Gasteiger partial charge is 0.492 e. The first-order valence-corrected chi connectivity index (χ1v) is 11.5. The zero-order chi connectivity index (χ0) is 24.0. The van der Waals surface area contributed by atoms with Crippen LogP contribution < -0.4 is 10.6 Å². The summed E-state index contributed by atoms with van der Waals surface area (Å²) in [4.78, 5) is 16.9. The van der Waals surface area contributed by atoms with E-state index < -0.39 is 5.82 Å². The van der Waals surface area contributed by atoms with Gasteiger partial charge in [-0.15, -0.1) is 0 Å². The highest BCUT2D eigenvalue weighted by Gasteiger charge is 2.33. The molecule has 1 aliphatic heterocycles. The number of ether oxygens (including phenoxy) is 1. The minimum absolute atomic E-state index is 0.0327. The van der Waals surface area contributed by atoms with Gasteiger partial charge in [-0.1, -0.05) is 17.7 Å². The fraction of sp³-hybridized carbons (Fsp3) is 0.261. The third-order valence-electron chi connectivity index (χ3n) is 4.80. The van der Waals surface area contributed by atoms with E-state index in [1.807, 2.05) is 29.2 Å². The molecule has 0 aromatic heterocycles. The van der Waals surface area contributed by atoms with Gasteiger partial charge in [-0.05, 0) is 44.3 Å². The SMILES string of the molecule is CCOC1=CC2N=CC(C#N)=C(Nc3ccc(F)c(Cl)c3)C2C=C1NC(=O)/C=C/CN(C)I. The Kier molecular flexibility index (Phi) is 8.66. The summed E-state index contributed by atoms with van der Waals surface area (Å²) in [5.41, 5.74) is 1.92. The molecule has 0 spiro atoms. The third kappa shape index (κ3) is 6.43. The Morgan fingerprint density at radius 3 is 2.91 bits per heavy atom. The van der Waals surface area contributed by atoms with E-state index in [2.05, 4.69) is 44.6 Å². The molecule has 1 aromatic carbocycles. The molecule has 2 N–H and O–H groups in total. The maximum atomic E-state index is 13.6. The number of nitrogens with one attached hydrogen (secondary N) is 2. The van der Waals surface area contributed by atoms with Crippen molar-refractivity contribution in [2.45, 2.75) is 13.0 Å². The van der Waals surface area contributed by atoms with E-state index in [4.69, 9.17) is 16.3 Å². The van der Waals surface area contributed by atoms with E-state index in [1.165, 1.54) is 30.5 Å². The number of amides is 1. The fourth-order valence-corrected chi connectivity index (χ4v) is 3.75. The second-order valence-electron chi connectivity index (χ2n) is 7.21. The molecule has 2 aliphatic rings. The number of nitrogens with zero attached hydrogens (tertiary/aromatic N) is 3. The van der Waals surface area contributed by atoms with Gasteiger partial charge in [-0.25, -0.2) is 7.50 Å². The normalized spacial score (nSPS) is 19.7. The van der Waals surface area contributed by atoms with Crippen LogP contribution in [0.2, 0.25) is 5.02 Å². The van der Waals surface area contributed by atoms with Crippen LogP contribution in [0.1, 0.15) is 6.92 Å². The number of allylic oxidation sites excluding steroid dienone is 1. The lowest BCUT2D eigenvalue weighted by atomic mass is 9.86. The predicted octanol–water partition coefficient (Wildman–Crippen LogP) is 4.51. The molecule has 1 aromatic rings. The first-order valence-electron chi connectivity index (χ1n) is 10.1. The molecule has 1 aliphatic carbocycles. The van der Waals surface area contributed by atoms with Crippen LogP contribution in [0.5, 0.6) is 0 Å². The van der Waals surface area contributed by atoms with Gasteiger partial charge in [0.25, 0.3) is 0 Å². The predicted molar refractivity (Wildman–Crippen MR) is 135 cm³/mol. The van der Waals surface area contributed by atoms with Crippen molar-refractivity contribution in [2.75, 3.05) is 25.5 Å². The van der Waals surface area contributed by atoms with Crippen molar-refractivity contribution in [1.29, 1.82) is 5.26 Å². The Morgan fingerprint density at radius 2 is 2.24 bits per heavy atom. The zero-order valence-electron chi connectivity index (χ0n) is 18.0. The smallest absolute Gasteiger partial charge is 0.248 e. The third-order valence-corrected chi connectivity index (χ3v) is 5.49. The van der Waals surface area contributed by atoms with Gasteiger partial charge in [0.05, 0.1) is 28.9 Å². The second-order valence-corrected chi connectivity index (χ2v) is 9.27. The molecule has 0 saturated heterocycles. The van der Waals surface area contributed by atoms with Crippen LogP contribution in [0.3, 0.4) is 0 Å². The number of benzene rings is 1. The number of carbonyl (C=O) groups excluding carboxylic acids is 1. The van der Waals surface area contributed by atoms with Crippen LogP contribution in [0.4, 0.5) is 10.1 Å². The van der Waals surface area contributed by atoms with Gasteiger partial charge in [0.1, 0.15) is 17.6 Å². The highest BCUT2D eigenvalue weighted by Crippen LogP contribution is 2.35. The number of hydrogen-bond acceptors (Lipinski definition) is 6. The molecular weight excluding hydrogens is 560 g/mol. The molecule has 7 nitrogen and oxygen atoms in total. The van der Waals surface area contributed by atoms with Crippen LogP contribution >= 0.6 is 34.5 Å². The highest BCUT2D eigenvalue weighted by molar-refractivity contribution is 14.1. The van der Waals surface area contributed by atoms with Gasteiger partial charge in [0.15, 0.2) is 0 Å². The Bertz CT molecular complexity index is 1120. The summed E-state index contributed by atoms with van der Waals surface area (Å²) in [6.45, 7) is 2.88. The molecule has 0 radical (unpaired) electrons. The lowest BCUT2D eigenvalue weighted by Crippen LogP contribution is -2.33. The summed E-state index contributed by atoms with van der Waals surface area (Å²) < 4.78 is 21.2. The minimum Gasteiger partial charge on any atom is -0.492 e. The number of fused-ring (bicyclic) bond motifs is 1. The van der Waals surface area contributed by atoms with Crippen LogP contribution in [-0.4, -0.2) is 41.5 Å². The number of anilines is 1. The zero-order valence-corrected chi connectivity index (χ0v) is 20.9. The van der Waals surface area contributed by atoms with E-state index in [1.54, 1.807) is 6.08 Å². The van der Waals surface area contributed by atoms with Crippen molar-refractivity contribution in [3.8, 4) is 6.07 Å². The molecule has 1 amide bonds. The number of nitriles is 1. The van der Waals surface area contributed by atoms with E-state index in [0.29, 0.717) is 41.6 Å². The molecule has 0 bridgehead atoms. The van der Waals surface area contributed by atoms with E-state index in [-0.39, 0.29) is 22.9 Å². The van der Waals surface area contributed by atoms with Gasteiger partial charge in [0.2, 0.25) is 5.91 Å². The number of hydrogen-bond donors (Lipinski definition) is 2. The number of likely N-dealkylation sites (N-methyl/N-ethyl adjacent to an activating group) is 1. The maximum Gasteiger partial charge on any atom is 0.248 e. The van der Waals surface area contributed by atoms with Crippen molar-refractivity contribution in [3.63, 3.8) is 0 Å². The minimum atomic E-state index is -0.534. The monoisotopic (exact) mass is 581 g/mol. The fourth-order valence-electron chi connectivity index (χ4n) is 3.34. The van der Waals surface area contributed by atoms with E-state index >= 15 is 0 Å². The molecule has 0 saturated carbocycles. The van der Waals surface area contributed by atoms with Crippen LogP contribution in [-0.2, 0) is 9.53 Å². The summed E-state index contributed by atoms with van der Waals surface area (Å²) in [5.74, 6) is -0.702. The summed E-state index contributed by atoms with van der Waals surface area (Å²) >= 11 is 8.05. The van der Waals surface area contributed by atoms with Gasteiger partial charge in [-0.3, -0.25) is 9.79 Å². The molecule has 33 heavy (non-hydrogen) atoms. The quantitative estimate of drug-likeness (QED) is 0.268. The first-order chi connectivity index (χ1) is 15.8. The van der Waals surface area contributed by atoms with Crippen LogP contribution in [0.15, 0.2) is 70.2 Å². The van der Waals surface area contributed by atoms with Gasteiger partial charge >= 0.3 is 0 Å². The summed E-state index contributed by atoms with van der Waals surface area (Å²) in [6, 6.07) is 6.04. The van der Waals surface area contributed by atoms with E-state index in [0.717, 1.165) is 0 Å². The van der Waals surface area contributed by atoms with Crippen molar-refractivity contribution in [3.05, 3.63) is 76.1 Å². The van der Waals surface area contributed by atoms with Gasteiger partial charge in [0, 0.05) is 59.0 Å². The van der Waals surface area contributed by atoms with Crippen molar-refractivity contribution >= 4 is 52.3 Å². The average Bonchev–Trinajstić information content (AvgIpc) is 2.77. The molecule has 2 atom stereocenters. The topological polar surface area (TPSA) is 89.7 Å². The summed E-state index contributed by atoms with van der Waals surface area (Å²) in [6.07, 6.45) is 8.33. The summed E-state index contributed by atoms with van der Waals surface area (Å²) in [7, 11) is 1.90. The molecule has 2 unspecified atom stereocenters.